The maximum Gasteiger partial charge on any atom is 0.256 e. The van der Waals surface area contributed by atoms with Gasteiger partial charge in [0.25, 0.3) is 5.91 Å². The van der Waals surface area contributed by atoms with E-state index in [1.807, 2.05) is 24.4 Å². The number of hydrogen-bond acceptors (Lipinski definition) is 3. The lowest BCUT2D eigenvalue weighted by Crippen LogP contribution is -2.27. The highest BCUT2D eigenvalue weighted by atomic mass is 32.1. The summed E-state index contributed by atoms with van der Waals surface area (Å²) in [5.74, 6) is -0.587. The maximum absolute atomic E-state index is 13.8. The van der Waals surface area contributed by atoms with E-state index in [-0.39, 0.29) is 11.6 Å². The number of thiophene rings is 1. The molecule has 0 radical (unpaired) electrons. The summed E-state index contributed by atoms with van der Waals surface area (Å²) in [6.45, 7) is 2.96. The van der Waals surface area contributed by atoms with Gasteiger partial charge in [-0.15, -0.1) is 11.3 Å². The van der Waals surface area contributed by atoms with Crippen molar-refractivity contribution in [3.8, 4) is 0 Å². The topological polar surface area (TPSA) is 32.3 Å². The minimum atomic E-state index is -0.401. The quantitative estimate of drug-likeness (QED) is 0.913. The summed E-state index contributed by atoms with van der Waals surface area (Å²) in [5, 5.41) is 4.89. The highest BCUT2D eigenvalue weighted by Crippen LogP contribution is 2.22. The Bertz CT molecular complexity index is 584. The van der Waals surface area contributed by atoms with Crippen LogP contribution in [0.2, 0.25) is 0 Å². The molecule has 0 atom stereocenters. The number of anilines is 1. The smallest absolute Gasteiger partial charge is 0.256 e. The predicted octanol–water partition coefficient (Wildman–Crippen LogP) is 3.59. The van der Waals surface area contributed by atoms with Gasteiger partial charge in [0.15, 0.2) is 0 Å². The molecule has 0 aliphatic heterocycles. The van der Waals surface area contributed by atoms with Gasteiger partial charge in [-0.05, 0) is 30.5 Å². The van der Waals surface area contributed by atoms with Crippen molar-refractivity contribution in [2.45, 2.75) is 13.5 Å². The molecular formula is C15H17FN2OS. The van der Waals surface area contributed by atoms with Gasteiger partial charge < -0.3 is 10.2 Å². The zero-order valence-corrected chi connectivity index (χ0v) is 12.3. The van der Waals surface area contributed by atoms with Crippen molar-refractivity contribution in [1.29, 1.82) is 0 Å². The molecule has 106 valence electrons. The molecule has 0 saturated carbocycles. The molecule has 1 N–H and O–H groups in total. The lowest BCUT2D eigenvalue weighted by molar-refractivity contribution is 0.0787. The molecule has 1 heterocycles. The van der Waals surface area contributed by atoms with Crippen LogP contribution < -0.4 is 5.32 Å². The molecule has 1 aromatic carbocycles. The summed E-state index contributed by atoms with van der Waals surface area (Å²) < 4.78 is 13.8. The Balaban J connectivity index is 2.22. The van der Waals surface area contributed by atoms with E-state index in [9.17, 15) is 9.18 Å². The molecule has 1 aromatic heterocycles. The maximum atomic E-state index is 13.8. The summed E-state index contributed by atoms with van der Waals surface area (Å²) in [6.07, 6.45) is 0. The van der Waals surface area contributed by atoms with Crippen LogP contribution in [0.25, 0.3) is 0 Å². The molecule has 1 amide bonds. The van der Waals surface area contributed by atoms with Gasteiger partial charge in [0.2, 0.25) is 0 Å². The molecule has 3 nitrogen and oxygen atoms in total. The number of nitrogens with one attached hydrogen (secondary N) is 1. The zero-order valence-electron chi connectivity index (χ0n) is 11.5. The SMILES string of the molecule is CCNc1c(F)cccc1C(=O)N(C)Cc1cccs1. The molecule has 0 unspecified atom stereocenters. The second-order valence-corrected chi connectivity index (χ2v) is 5.47. The van der Waals surface area contributed by atoms with Crippen LogP contribution >= 0.6 is 11.3 Å². The number of amides is 1. The van der Waals surface area contributed by atoms with E-state index in [1.165, 1.54) is 6.07 Å². The van der Waals surface area contributed by atoms with Crippen molar-refractivity contribution >= 4 is 22.9 Å². The first-order valence-corrected chi connectivity index (χ1v) is 7.31. The predicted molar refractivity (Wildman–Crippen MR) is 80.7 cm³/mol. The van der Waals surface area contributed by atoms with Gasteiger partial charge in [-0.3, -0.25) is 4.79 Å². The number of para-hydroxylation sites is 1. The van der Waals surface area contributed by atoms with E-state index in [1.54, 1.807) is 35.4 Å². The van der Waals surface area contributed by atoms with Crippen molar-refractivity contribution in [3.63, 3.8) is 0 Å². The van der Waals surface area contributed by atoms with E-state index in [4.69, 9.17) is 0 Å². The summed E-state index contributed by atoms with van der Waals surface area (Å²) in [5.41, 5.74) is 0.643. The largest absolute Gasteiger partial charge is 0.382 e. The van der Waals surface area contributed by atoms with Gasteiger partial charge in [0.05, 0.1) is 17.8 Å². The van der Waals surface area contributed by atoms with Crippen molar-refractivity contribution in [1.82, 2.24) is 4.90 Å². The number of rotatable bonds is 5. The van der Waals surface area contributed by atoms with Crippen molar-refractivity contribution < 1.29 is 9.18 Å². The summed E-state index contributed by atoms with van der Waals surface area (Å²) in [7, 11) is 1.72. The fourth-order valence-corrected chi connectivity index (χ4v) is 2.73. The van der Waals surface area contributed by atoms with Gasteiger partial charge in [-0.1, -0.05) is 12.1 Å². The highest BCUT2D eigenvalue weighted by molar-refractivity contribution is 7.09. The third-order valence-corrected chi connectivity index (χ3v) is 3.78. The molecule has 2 rings (SSSR count). The van der Waals surface area contributed by atoms with E-state index in [0.29, 0.717) is 18.7 Å². The fraction of sp³-hybridized carbons (Fsp3) is 0.267. The van der Waals surface area contributed by atoms with Gasteiger partial charge in [-0.2, -0.15) is 0 Å². The van der Waals surface area contributed by atoms with Crippen LogP contribution in [0.5, 0.6) is 0 Å². The normalized spacial score (nSPS) is 10.3. The van der Waals surface area contributed by atoms with Crippen LogP contribution in [0.3, 0.4) is 0 Å². The summed E-state index contributed by atoms with van der Waals surface area (Å²) >= 11 is 1.60. The number of hydrogen-bond donors (Lipinski definition) is 1. The Morgan fingerprint density at radius 2 is 2.15 bits per heavy atom. The lowest BCUT2D eigenvalue weighted by atomic mass is 10.1. The first kappa shape index (κ1) is 14.5. The summed E-state index contributed by atoms with van der Waals surface area (Å²) in [6, 6.07) is 8.49. The Hall–Kier alpha value is -1.88. The molecular weight excluding hydrogens is 275 g/mol. The minimum absolute atomic E-state index is 0.186. The van der Waals surface area contributed by atoms with Crippen LogP contribution in [0, 0.1) is 5.82 Å². The van der Waals surface area contributed by atoms with Crippen LogP contribution in [-0.2, 0) is 6.54 Å². The Morgan fingerprint density at radius 3 is 2.80 bits per heavy atom. The van der Waals surface area contributed by atoms with Crippen LogP contribution in [-0.4, -0.2) is 24.4 Å². The molecule has 5 heteroatoms. The lowest BCUT2D eigenvalue weighted by Gasteiger charge is -2.19. The highest BCUT2D eigenvalue weighted by Gasteiger charge is 2.18. The monoisotopic (exact) mass is 292 g/mol. The second kappa shape index (κ2) is 6.52. The molecule has 20 heavy (non-hydrogen) atoms. The van der Waals surface area contributed by atoms with E-state index in [0.717, 1.165) is 4.88 Å². The second-order valence-electron chi connectivity index (χ2n) is 4.43. The van der Waals surface area contributed by atoms with E-state index < -0.39 is 5.82 Å². The van der Waals surface area contributed by atoms with Gasteiger partial charge in [0, 0.05) is 18.5 Å². The molecule has 2 aromatic rings. The zero-order chi connectivity index (χ0) is 14.5. The van der Waals surface area contributed by atoms with Crippen LogP contribution in [0.1, 0.15) is 22.2 Å². The molecule has 0 saturated heterocycles. The van der Waals surface area contributed by atoms with Gasteiger partial charge >= 0.3 is 0 Å². The van der Waals surface area contributed by atoms with Gasteiger partial charge in [-0.25, -0.2) is 4.39 Å². The summed E-state index contributed by atoms with van der Waals surface area (Å²) in [4.78, 5) is 15.1. The van der Waals surface area contributed by atoms with Crippen molar-refractivity contribution in [2.24, 2.45) is 0 Å². The third-order valence-electron chi connectivity index (χ3n) is 2.92. The average Bonchev–Trinajstić information content (AvgIpc) is 2.93. The molecule has 0 fully saturated rings. The standard InChI is InChI=1S/C15H17FN2OS/c1-3-17-14-12(7-4-8-13(14)16)15(19)18(2)10-11-6-5-9-20-11/h4-9,17H,3,10H2,1-2H3. The van der Waals surface area contributed by atoms with Crippen LogP contribution in [0.4, 0.5) is 10.1 Å². The number of nitrogens with zero attached hydrogens (tertiary/aromatic N) is 1. The third kappa shape index (κ3) is 3.17. The van der Waals surface area contributed by atoms with Gasteiger partial charge in [0.1, 0.15) is 5.82 Å². The minimum Gasteiger partial charge on any atom is -0.382 e. The van der Waals surface area contributed by atoms with Crippen LogP contribution in [0.15, 0.2) is 35.7 Å². The van der Waals surface area contributed by atoms with Crippen molar-refractivity contribution in [3.05, 3.63) is 52.0 Å². The Kier molecular flexibility index (Phi) is 4.74. The van der Waals surface area contributed by atoms with E-state index in [2.05, 4.69) is 5.32 Å². The number of carbonyl (C=O) groups is 1. The van der Waals surface area contributed by atoms with Crippen molar-refractivity contribution in [2.75, 3.05) is 18.9 Å². The first-order valence-electron chi connectivity index (χ1n) is 6.43. The number of benzene rings is 1. The Labute approximate surface area is 122 Å². The first-order chi connectivity index (χ1) is 9.63. The molecule has 0 aliphatic rings. The number of halogens is 1. The number of carbonyl (C=O) groups excluding carboxylic acids is 1. The molecule has 0 bridgehead atoms. The Morgan fingerprint density at radius 1 is 1.35 bits per heavy atom. The van der Waals surface area contributed by atoms with E-state index >= 15 is 0 Å². The average molecular weight is 292 g/mol. The fourth-order valence-electron chi connectivity index (χ4n) is 1.97. The molecule has 0 spiro atoms. The molecule has 0 aliphatic carbocycles.